The molecule has 8 nitrogen and oxygen atoms in total. The Kier molecular flexibility index (Phi) is 7.70. The van der Waals surface area contributed by atoms with Crippen LogP contribution < -0.4 is 10.6 Å². The predicted octanol–water partition coefficient (Wildman–Crippen LogP) is 3.07. The maximum Gasteiger partial charge on any atom is 0.407 e. The van der Waals surface area contributed by atoms with E-state index in [-0.39, 0.29) is 36.8 Å². The molecule has 0 aliphatic heterocycles. The standard InChI is InChI=1S/C27H33N3O5/c1-30(2)15-24(26(32)33)29-25(31)18-13-7-8-17(18)14-28-27(34)35-16-23-21-11-5-3-9-19(21)20-10-4-6-12-22(20)23/h3-6,9-12,17-18,23-24H,7-8,13-16H2,1-2H3,(H,28,34)(H,29,31)(H,32,33)/t17-,18-,24-/m0/s1. The third-order valence-corrected chi connectivity index (χ3v) is 7.01. The number of fused-ring (bicyclic) bond motifs is 3. The van der Waals surface area contributed by atoms with Crippen LogP contribution in [0.25, 0.3) is 11.1 Å². The van der Waals surface area contributed by atoms with Crippen LogP contribution in [-0.4, -0.2) is 67.8 Å². The molecule has 2 aliphatic carbocycles. The second-order valence-electron chi connectivity index (χ2n) is 9.67. The number of nitrogens with zero attached hydrogens (tertiary/aromatic N) is 1. The van der Waals surface area contributed by atoms with Crippen molar-refractivity contribution in [1.82, 2.24) is 15.5 Å². The topological polar surface area (TPSA) is 108 Å². The van der Waals surface area contributed by atoms with Gasteiger partial charge in [0, 0.05) is 24.9 Å². The summed E-state index contributed by atoms with van der Waals surface area (Å²) < 4.78 is 5.60. The lowest BCUT2D eigenvalue weighted by atomic mass is 9.94. The Balaban J connectivity index is 1.30. The van der Waals surface area contributed by atoms with Gasteiger partial charge < -0.3 is 25.4 Å². The number of carboxylic acid groups (broad SMARTS) is 1. The van der Waals surface area contributed by atoms with Gasteiger partial charge in [-0.1, -0.05) is 55.0 Å². The van der Waals surface area contributed by atoms with E-state index in [9.17, 15) is 19.5 Å². The molecule has 3 atom stereocenters. The van der Waals surface area contributed by atoms with Crippen molar-refractivity contribution < 1.29 is 24.2 Å². The van der Waals surface area contributed by atoms with Crippen molar-refractivity contribution in [3.8, 4) is 11.1 Å². The zero-order chi connectivity index (χ0) is 24.9. The molecule has 1 fully saturated rings. The van der Waals surface area contributed by atoms with Crippen molar-refractivity contribution >= 4 is 18.0 Å². The minimum absolute atomic E-state index is 0.0113. The number of benzene rings is 2. The molecule has 0 spiro atoms. The zero-order valence-corrected chi connectivity index (χ0v) is 20.2. The molecule has 0 saturated heterocycles. The van der Waals surface area contributed by atoms with Crippen molar-refractivity contribution in [3.05, 3.63) is 59.7 Å². The van der Waals surface area contributed by atoms with E-state index < -0.39 is 18.1 Å². The highest BCUT2D eigenvalue weighted by molar-refractivity contribution is 5.85. The van der Waals surface area contributed by atoms with E-state index in [0.29, 0.717) is 13.0 Å². The zero-order valence-electron chi connectivity index (χ0n) is 20.2. The summed E-state index contributed by atoms with van der Waals surface area (Å²) >= 11 is 0. The monoisotopic (exact) mass is 479 g/mol. The number of nitrogens with one attached hydrogen (secondary N) is 2. The van der Waals surface area contributed by atoms with Gasteiger partial charge in [-0.25, -0.2) is 9.59 Å². The first-order valence-corrected chi connectivity index (χ1v) is 12.1. The highest BCUT2D eigenvalue weighted by atomic mass is 16.5. The lowest BCUT2D eigenvalue weighted by molar-refractivity contribution is -0.143. The maximum absolute atomic E-state index is 12.8. The average Bonchev–Trinajstić information content (AvgIpc) is 3.43. The molecule has 8 heteroatoms. The Labute approximate surface area is 205 Å². The molecule has 0 unspecified atom stereocenters. The van der Waals surface area contributed by atoms with Gasteiger partial charge in [0.1, 0.15) is 12.6 Å². The number of alkyl carbamates (subject to hydrolysis) is 1. The number of carbonyl (C=O) groups excluding carboxylic acids is 2. The van der Waals surface area contributed by atoms with Gasteiger partial charge in [-0.3, -0.25) is 4.79 Å². The molecule has 1 saturated carbocycles. The number of carbonyl (C=O) groups is 3. The summed E-state index contributed by atoms with van der Waals surface area (Å²) in [6.45, 7) is 0.774. The van der Waals surface area contributed by atoms with Crippen LogP contribution >= 0.6 is 0 Å². The Morgan fingerprint density at radius 3 is 2.26 bits per heavy atom. The Morgan fingerprint density at radius 2 is 1.66 bits per heavy atom. The minimum Gasteiger partial charge on any atom is -0.480 e. The molecular formula is C27H33N3O5. The van der Waals surface area contributed by atoms with E-state index in [1.807, 2.05) is 24.3 Å². The number of amides is 2. The number of hydrogen-bond donors (Lipinski definition) is 3. The van der Waals surface area contributed by atoms with Gasteiger partial charge in [0.25, 0.3) is 0 Å². The molecular weight excluding hydrogens is 446 g/mol. The van der Waals surface area contributed by atoms with Gasteiger partial charge in [-0.05, 0) is 55.1 Å². The smallest absolute Gasteiger partial charge is 0.407 e. The first kappa shape index (κ1) is 24.7. The summed E-state index contributed by atoms with van der Waals surface area (Å²) in [5, 5.41) is 14.9. The molecule has 35 heavy (non-hydrogen) atoms. The molecule has 2 amide bonds. The number of carboxylic acids is 1. The van der Waals surface area contributed by atoms with Crippen LogP contribution in [0, 0.1) is 11.8 Å². The molecule has 4 rings (SSSR count). The number of hydrogen-bond acceptors (Lipinski definition) is 5. The molecule has 0 heterocycles. The predicted molar refractivity (Wildman–Crippen MR) is 132 cm³/mol. The molecule has 2 aromatic rings. The summed E-state index contributed by atoms with van der Waals surface area (Å²) in [6, 6.07) is 15.4. The molecule has 0 radical (unpaired) electrons. The normalized spacial score (nSPS) is 19.6. The maximum atomic E-state index is 12.8. The van der Waals surface area contributed by atoms with E-state index in [4.69, 9.17) is 4.74 Å². The van der Waals surface area contributed by atoms with E-state index in [1.165, 1.54) is 11.1 Å². The largest absolute Gasteiger partial charge is 0.480 e. The van der Waals surface area contributed by atoms with Crippen LogP contribution in [0.1, 0.15) is 36.3 Å². The highest BCUT2D eigenvalue weighted by Gasteiger charge is 2.35. The number of aliphatic carboxylic acids is 1. The van der Waals surface area contributed by atoms with Crippen LogP contribution in [0.2, 0.25) is 0 Å². The third kappa shape index (κ3) is 5.65. The number of rotatable bonds is 9. The summed E-state index contributed by atoms with van der Waals surface area (Å²) in [7, 11) is 3.53. The molecule has 2 aliphatic rings. The van der Waals surface area contributed by atoms with Crippen LogP contribution in [0.15, 0.2) is 48.5 Å². The summed E-state index contributed by atoms with van der Waals surface area (Å²) in [6.07, 6.45) is 1.83. The van der Waals surface area contributed by atoms with Crippen molar-refractivity contribution in [2.75, 3.05) is 33.8 Å². The van der Waals surface area contributed by atoms with Gasteiger partial charge in [0.2, 0.25) is 5.91 Å². The van der Waals surface area contributed by atoms with Gasteiger partial charge in [0.05, 0.1) is 0 Å². The highest BCUT2D eigenvalue weighted by Crippen LogP contribution is 2.44. The van der Waals surface area contributed by atoms with Crippen LogP contribution in [0.4, 0.5) is 4.79 Å². The van der Waals surface area contributed by atoms with Gasteiger partial charge >= 0.3 is 12.1 Å². The lowest BCUT2D eigenvalue weighted by Gasteiger charge is -2.24. The minimum atomic E-state index is -1.06. The van der Waals surface area contributed by atoms with Crippen molar-refractivity contribution in [1.29, 1.82) is 0 Å². The third-order valence-electron chi connectivity index (χ3n) is 7.01. The fraction of sp³-hybridized carbons (Fsp3) is 0.444. The second kappa shape index (κ2) is 10.9. The second-order valence-corrected chi connectivity index (χ2v) is 9.67. The number of likely N-dealkylation sites (N-methyl/N-ethyl adjacent to an activating group) is 1. The summed E-state index contributed by atoms with van der Waals surface area (Å²) in [5.74, 6) is -1.71. The van der Waals surface area contributed by atoms with E-state index >= 15 is 0 Å². The van der Waals surface area contributed by atoms with Crippen molar-refractivity contribution in [3.63, 3.8) is 0 Å². The van der Waals surface area contributed by atoms with E-state index in [2.05, 4.69) is 34.9 Å². The van der Waals surface area contributed by atoms with Crippen LogP contribution in [0.3, 0.4) is 0 Å². The van der Waals surface area contributed by atoms with E-state index in [0.717, 1.165) is 24.0 Å². The summed E-state index contributed by atoms with van der Waals surface area (Å²) in [4.78, 5) is 38.5. The lowest BCUT2D eigenvalue weighted by Crippen LogP contribution is -2.49. The molecule has 186 valence electrons. The fourth-order valence-electron chi connectivity index (χ4n) is 5.32. The SMILES string of the molecule is CN(C)C[C@H](NC(=O)[C@H]1CCC[C@H]1CNC(=O)OCC1c2ccccc2-c2ccccc21)C(=O)O. The molecule has 0 aromatic heterocycles. The fourth-order valence-corrected chi connectivity index (χ4v) is 5.32. The summed E-state index contributed by atoms with van der Waals surface area (Å²) in [5.41, 5.74) is 4.65. The first-order chi connectivity index (χ1) is 16.8. The average molecular weight is 480 g/mol. The van der Waals surface area contributed by atoms with Crippen molar-refractivity contribution in [2.24, 2.45) is 11.8 Å². The van der Waals surface area contributed by atoms with Gasteiger partial charge in [0.15, 0.2) is 0 Å². The first-order valence-electron chi connectivity index (χ1n) is 12.1. The quantitative estimate of drug-likeness (QED) is 0.510. The Morgan fingerprint density at radius 1 is 1.03 bits per heavy atom. The Bertz CT molecular complexity index is 1040. The van der Waals surface area contributed by atoms with Crippen LogP contribution in [-0.2, 0) is 14.3 Å². The molecule has 2 aromatic carbocycles. The van der Waals surface area contributed by atoms with Crippen LogP contribution in [0.5, 0.6) is 0 Å². The number of ether oxygens (including phenoxy) is 1. The molecule has 3 N–H and O–H groups in total. The van der Waals surface area contributed by atoms with Gasteiger partial charge in [-0.15, -0.1) is 0 Å². The Hall–Kier alpha value is -3.39. The van der Waals surface area contributed by atoms with E-state index in [1.54, 1.807) is 19.0 Å². The van der Waals surface area contributed by atoms with Gasteiger partial charge in [-0.2, -0.15) is 0 Å². The molecule has 0 bridgehead atoms. The van der Waals surface area contributed by atoms with Crippen molar-refractivity contribution in [2.45, 2.75) is 31.2 Å².